The van der Waals surface area contributed by atoms with Crippen molar-refractivity contribution in [3.63, 3.8) is 0 Å². The Bertz CT molecular complexity index is 72.8. The van der Waals surface area contributed by atoms with E-state index in [1.165, 1.54) is 0 Å². The van der Waals surface area contributed by atoms with Crippen LogP contribution >= 0.6 is 24.0 Å². The van der Waals surface area contributed by atoms with E-state index in [2.05, 4.69) is 6.92 Å². The molecule has 0 N–H and O–H groups in total. The molecule has 1 nitrogen and oxygen atoms in total. The van der Waals surface area contributed by atoms with Crippen LogP contribution in [-0.4, -0.2) is 17.2 Å². The Balaban J connectivity index is 2.99. The monoisotopic (exact) mass is 150 g/mol. The Kier molecular flexibility index (Phi) is 5.54. The van der Waals surface area contributed by atoms with Gasteiger partial charge in [0, 0.05) is 5.75 Å². The van der Waals surface area contributed by atoms with Gasteiger partial charge < -0.3 is 4.74 Å². The minimum atomic E-state index is 0.645. The highest BCUT2D eigenvalue weighted by atomic mass is 32.2. The van der Waals surface area contributed by atoms with Gasteiger partial charge in [-0.3, -0.25) is 0 Å². The summed E-state index contributed by atoms with van der Waals surface area (Å²) >= 11 is 6.35. The summed E-state index contributed by atoms with van der Waals surface area (Å²) in [6, 6.07) is 0. The van der Waals surface area contributed by atoms with Crippen LogP contribution in [0.2, 0.25) is 0 Å². The number of ether oxygens (including phenoxy) is 1. The number of hydrogen-bond donors (Lipinski definition) is 0. The van der Waals surface area contributed by atoms with Crippen LogP contribution < -0.4 is 0 Å². The Morgan fingerprint density at radius 2 is 2.38 bits per heavy atom. The first kappa shape index (κ1) is 8.24. The Hall–Kier alpha value is 0.240. The first-order valence-electron chi connectivity index (χ1n) is 2.52. The van der Waals surface area contributed by atoms with Crippen molar-refractivity contribution in [3.05, 3.63) is 0 Å². The first-order valence-corrected chi connectivity index (χ1v) is 3.91. The lowest BCUT2D eigenvalue weighted by Crippen LogP contribution is -1.90. The van der Waals surface area contributed by atoms with Crippen molar-refractivity contribution < 1.29 is 4.74 Å². The van der Waals surface area contributed by atoms with Crippen molar-refractivity contribution >= 4 is 28.4 Å². The van der Waals surface area contributed by atoms with Crippen LogP contribution in [0.15, 0.2) is 0 Å². The molecule has 0 saturated carbocycles. The maximum atomic E-state index is 4.76. The fourth-order valence-electron chi connectivity index (χ4n) is 0.244. The Morgan fingerprint density at radius 3 is 2.75 bits per heavy atom. The van der Waals surface area contributed by atoms with Gasteiger partial charge in [-0.1, -0.05) is 18.7 Å². The van der Waals surface area contributed by atoms with Gasteiger partial charge in [-0.15, -0.1) is 0 Å². The van der Waals surface area contributed by atoms with E-state index in [1.807, 2.05) is 0 Å². The van der Waals surface area contributed by atoms with Gasteiger partial charge >= 0.3 is 0 Å². The molecule has 0 heterocycles. The van der Waals surface area contributed by atoms with Crippen LogP contribution in [0.4, 0.5) is 0 Å². The maximum absolute atomic E-state index is 4.76. The van der Waals surface area contributed by atoms with Gasteiger partial charge in [-0.05, 0) is 18.6 Å². The number of rotatable bonds is 2. The van der Waals surface area contributed by atoms with Crippen LogP contribution in [-0.2, 0) is 4.74 Å². The largest absolute Gasteiger partial charge is 0.482 e. The number of methoxy groups -OCH3 is 1. The summed E-state index contributed by atoms with van der Waals surface area (Å²) in [5, 5.41) is 0. The Morgan fingerprint density at radius 1 is 1.75 bits per heavy atom. The molecule has 0 aromatic carbocycles. The molecule has 0 atom stereocenters. The molecule has 0 aliphatic rings. The quantitative estimate of drug-likeness (QED) is 0.558. The normalized spacial score (nSPS) is 8.75. The number of thioether (sulfide) groups is 1. The molecule has 8 heavy (non-hydrogen) atoms. The molecule has 0 bridgehead atoms. The lowest BCUT2D eigenvalue weighted by atomic mass is 10.6. The molecule has 0 rings (SSSR count). The maximum Gasteiger partial charge on any atom is 0.219 e. The molecule has 0 aliphatic heterocycles. The number of hydrogen-bond acceptors (Lipinski definition) is 3. The zero-order valence-electron chi connectivity index (χ0n) is 5.14. The molecule has 0 saturated heterocycles. The molecule has 0 unspecified atom stereocenters. The van der Waals surface area contributed by atoms with Crippen molar-refractivity contribution in [3.8, 4) is 0 Å². The second-order valence-electron chi connectivity index (χ2n) is 1.30. The summed E-state index contributed by atoms with van der Waals surface area (Å²) in [6.07, 6.45) is 1.15. The smallest absolute Gasteiger partial charge is 0.219 e. The third-order valence-corrected chi connectivity index (χ3v) is 2.13. The third kappa shape index (κ3) is 4.40. The predicted octanol–water partition coefficient (Wildman–Crippen LogP) is 2.06. The molecule has 0 amide bonds. The molecular formula is C5H10OS2. The van der Waals surface area contributed by atoms with Crippen molar-refractivity contribution in [1.29, 1.82) is 0 Å². The van der Waals surface area contributed by atoms with E-state index in [-0.39, 0.29) is 0 Å². The zero-order valence-corrected chi connectivity index (χ0v) is 6.77. The molecule has 0 radical (unpaired) electrons. The van der Waals surface area contributed by atoms with E-state index in [0.29, 0.717) is 4.38 Å². The van der Waals surface area contributed by atoms with Gasteiger partial charge in [0.25, 0.3) is 0 Å². The van der Waals surface area contributed by atoms with Gasteiger partial charge in [-0.25, -0.2) is 0 Å². The second kappa shape index (κ2) is 5.38. The van der Waals surface area contributed by atoms with Gasteiger partial charge in [0.2, 0.25) is 4.38 Å². The average molecular weight is 150 g/mol. The van der Waals surface area contributed by atoms with Crippen LogP contribution in [0.1, 0.15) is 13.3 Å². The summed E-state index contributed by atoms with van der Waals surface area (Å²) in [7, 11) is 1.60. The fourth-order valence-corrected chi connectivity index (χ4v) is 0.983. The molecule has 0 aromatic heterocycles. The van der Waals surface area contributed by atoms with E-state index < -0.39 is 0 Å². The third-order valence-electron chi connectivity index (χ3n) is 0.591. The van der Waals surface area contributed by atoms with Crippen LogP contribution in [0, 0.1) is 0 Å². The average Bonchev–Trinajstić information content (AvgIpc) is 1.83. The van der Waals surface area contributed by atoms with Crippen LogP contribution in [0.3, 0.4) is 0 Å². The standard InChI is InChI=1S/C5H10OS2/c1-3-4-8-5(7)6-2/h3-4H2,1-2H3. The summed E-state index contributed by atoms with van der Waals surface area (Å²) in [5.41, 5.74) is 0. The van der Waals surface area contributed by atoms with E-state index in [4.69, 9.17) is 17.0 Å². The van der Waals surface area contributed by atoms with Crippen LogP contribution in [0.25, 0.3) is 0 Å². The summed E-state index contributed by atoms with van der Waals surface area (Å²) in [6.45, 7) is 2.12. The lowest BCUT2D eigenvalue weighted by Gasteiger charge is -1.96. The van der Waals surface area contributed by atoms with Crippen molar-refractivity contribution in [2.45, 2.75) is 13.3 Å². The zero-order chi connectivity index (χ0) is 6.41. The molecule has 0 aliphatic carbocycles. The van der Waals surface area contributed by atoms with E-state index >= 15 is 0 Å². The molecule has 48 valence electrons. The van der Waals surface area contributed by atoms with Crippen molar-refractivity contribution in [2.24, 2.45) is 0 Å². The Labute approximate surface area is 59.8 Å². The lowest BCUT2D eigenvalue weighted by molar-refractivity contribution is 0.426. The first-order chi connectivity index (χ1) is 3.81. The fraction of sp³-hybridized carbons (Fsp3) is 0.800. The second-order valence-corrected chi connectivity index (χ2v) is 3.00. The van der Waals surface area contributed by atoms with E-state index in [1.54, 1.807) is 18.9 Å². The van der Waals surface area contributed by atoms with Crippen LogP contribution in [0.5, 0.6) is 0 Å². The summed E-state index contributed by atoms with van der Waals surface area (Å²) in [4.78, 5) is 0. The van der Waals surface area contributed by atoms with Crippen molar-refractivity contribution in [2.75, 3.05) is 12.9 Å². The van der Waals surface area contributed by atoms with E-state index in [0.717, 1.165) is 12.2 Å². The summed E-state index contributed by atoms with van der Waals surface area (Å²) in [5.74, 6) is 1.06. The van der Waals surface area contributed by atoms with Gasteiger partial charge in [0.15, 0.2) is 0 Å². The van der Waals surface area contributed by atoms with E-state index in [9.17, 15) is 0 Å². The molecular weight excluding hydrogens is 140 g/mol. The minimum Gasteiger partial charge on any atom is -0.482 e. The highest BCUT2D eigenvalue weighted by molar-refractivity contribution is 8.22. The highest BCUT2D eigenvalue weighted by Gasteiger charge is 1.90. The van der Waals surface area contributed by atoms with Crippen molar-refractivity contribution in [1.82, 2.24) is 0 Å². The molecule has 0 spiro atoms. The van der Waals surface area contributed by atoms with Gasteiger partial charge in [0.1, 0.15) is 0 Å². The topological polar surface area (TPSA) is 9.23 Å². The SMILES string of the molecule is CCCSC(=S)OC. The summed E-state index contributed by atoms with van der Waals surface area (Å²) < 4.78 is 5.39. The predicted molar refractivity (Wildman–Crippen MR) is 42.4 cm³/mol. The molecule has 3 heteroatoms. The minimum absolute atomic E-state index is 0.645. The van der Waals surface area contributed by atoms with Gasteiger partial charge in [0.05, 0.1) is 7.11 Å². The molecule has 0 aromatic rings. The van der Waals surface area contributed by atoms with Gasteiger partial charge in [-0.2, -0.15) is 0 Å². The highest BCUT2D eigenvalue weighted by Crippen LogP contribution is 2.05. The molecule has 0 fully saturated rings. The number of thiocarbonyl (C=S) groups is 1.